The van der Waals surface area contributed by atoms with E-state index in [1.807, 2.05) is 0 Å². The second-order valence-corrected chi connectivity index (χ2v) is 20.2. The van der Waals surface area contributed by atoms with Gasteiger partial charge in [0, 0.05) is 0 Å². The molecule has 0 fully saturated rings. The average molecular weight is 789 g/mol. The summed E-state index contributed by atoms with van der Waals surface area (Å²) in [4.78, 5) is 0. The highest BCUT2D eigenvalue weighted by atomic mass is 14.4. The average Bonchev–Trinajstić information content (AvgIpc) is 3.48. The number of fused-ring (bicyclic) bond motifs is 12. The van der Waals surface area contributed by atoms with Gasteiger partial charge in [0.1, 0.15) is 0 Å². The summed E-state index contributed by atoms with van der Waals surface area (Å²) in [5.74, 6) is 0.505. The van der Waals surface area contributed by atoms with Crippen molar-refractivity contribution in [2.45, 2.75) is 26.7 Å². The van der Waals surface area contributed by atoms with E-state index in [0.717, 1.165) is 12.8 Å². The van der Waals surface area contributed by atoms with Gasteiger partial charge in [-0.1, -0.05) is 134 Å². The highest BCUT2D eigenvalue weighted by molar-refractivity contribution is 6.64. The number of hydrogen-bond donors (Lipinski definition) is 0. The molecule has 0 spiro atoms. The molecule has 0 N–H and O–H groups in total. The lowest BCUT2D eigenvalue weighted by atomic mass is 9.70. The van der Waals surface area contributed by atoms with Crippen molar-refractivity contribution in [2.24, 2.45) is 5.92 Å². The summed E-state index contributed by atoms with van der Waals surface area (Å²) in [5, 5.41) is 49.2. The second-order valence-electron chi connectivity index (χ2n) is 20.2. The maximum absolute atomic E-state index is 2.62. The van der Waals surface area contributed by atoms with Gasteiger partial charge in [-0.05, 0) is 226 Å². The highest BCUT2D eigenvalue weighted by Gasteiger charge is 2.36. The first-order valence-corrected chi connectivity index (χ1v) is 23.0. The third-order valence-electron chi connectivity index (χ3n) is 17.4. The molecule has 0 radical (unpaired) electrons. The Morgan fingerprint density at radius 1 is 0.254 bits per heavy atom. The normalized spacial score (nSPS) is 15.8. The Balaban J connectivity index is 1.31. The van der Waals surface area contributed by atoms with E-state index < -0.39 is 0 Å². The van der Waals surface area contributed by atoms with Gasteiger partial charge in [0.15, 0.2) is 0 Å². The van der Waals surface area contributed by atoms with E-state index in [1.54, 1.807) is 16.5 Å². The summed E-state index contributed by atoms with van der Waals surface area (Å²) in [6, 6.07) is 50.9. The van der Waals surface area contributed by atoms with E-state index in [4.69, 9.17) is 0 Å². The fourth-order valence-electron chi connectivity index (χ4n) is 15.5. The molecule has 0 bridgehead atoms. The van der Waals surface area contributed by atoms with E-state index >= 15 is 0 Å². The van der Waals surface area contributed by atoms with Crippen LogP contribution in [0.4, 0.5) is 0 Å². The standard InChI is InChI=1S/C63H32/c1-26-14-15-32-41(22-26)40-21-20-39-38-19-17-35-28-8-3-5-10-30(28)42-23-27(2)24-43-34-13-7-12-33-37-18-16-36-29-9-4-6-11-31(29)44-25-45(32)56-49(40)52(39)61-60-51(38)47(35)53(42)54(43)62(60)57(46(33)34)59-50(37)48(36)55(44)58(56)63(59)61/h3-22,25,27H,23-24H2,1-2H3. The summed E-state index contributed by atoms with van der Waals surface area (Å²) in [5.41, 5.74) is 4.44. The molecule has 0 amide bonds. The molecule has 0 nitrogen and oxygen atoms in total. The van der Waals surface area contributed by atoms with Crippen molar-refractivity contribution < 1.29 is 0 Å². The largest absolute Gasteiger partial charge is 0.0619 e. The number of benzene rings is 18. The highest BCUT2D eigenvalue weighted by Crippen LogP contribution is 2.64. The molecule has 0 saturated heterocycles. The first kappa shape index (κ1) is 30.5. The molecule has 1 aliphatic rings. The molecule has 0 aliphatic heterocycles. The maximum Gasteiger partial charge on any atom is -0.00000152 e. The fraction of sp³-hybridized carbons (Fsp3) is 0.0794. The predicted molar refractivity (Wildman–Crippen MR) is 275 cm³/mol. The molecule has 0 heterocycles. The van der Waals surface area contributed by atoms with Crippen molar-refractivity contribution in [1.82, 2.24) is 0 Å². The molecule has 19 rings (SSSR count). The first-order valence-electron chi connectivity index (χ1n) is 23.0. The van der Waals surface area contributed by atoms with Crippen molar-refractivity contribution in [3.8, 4) is 0 Å². The summed E-state index contributed by atoms with van der Waals surface area (Å²) >= 11 is 0. The van der Waals surface area contributed by atoms with Crippen LogP contribution in [0.25, 0.3) is 183 Å². The Labute approximate surface area is 358 Å². The SMILES string of the molecule is Cc1ccc2c(c1)c1ccc3c4ccc5c6ccccc6c6c7c8c(c9cccc%10c%11ccc%12c%13ccccc%13c%13cc2c2c1c3c1c(c4c57)c8c(c9%10)c3c%11c%12c%13c2c31)CC(C)C6. The molecule has 284 valence electrons. The predicted octanol–water partition coefficient (Wildman–Crippen LogP) is 17.8. The summed E-state index contributed by atoms with van der Waals surface area (Å²) in [6.07, 6.45) is 2.16. The van der Waals surface area contributed by atoms with Gasteiger partial charge in [-0.25, -0.2) is 0 Å². The van der Waals surface area contributed by atoms with Crippen LogP contribution in [-0.2, 0) is 12.8 Å². The third-order valence-corrected chi connectivity index (χ3v) is 17.4. The number of aryl methyl sites for hydroxylation is 1. The second kappa shape index (κ2) is 9.29. The molecule has 1 unspecified atom stereocenters. The molecule has 63 heavy (non-hydrogen) atoms. The van der Waals surface area contributed by atoms with E-state index in [9.17, 15) is 0 Å². The van der Waals surface area contributed by atoms with Crippen LogP contribution in [-0.4, -0.2) is 0 Å². The molecule has 18 aromatic carbocycles. The van der Waals surface area contributed by atoms with Crippen LogP contribution < -0.4 is 0 Å². The van der Waals surface area contributed by atoms with Crippen molar-refractivity contribution in [3.05, 3.63) is 144 Å². The van der Waals surface area contributed by atoms with Gasteiger partial charge in [0.25, 0.3) is 0 Å². The first-order chi connectivity index (χ1) is 31.1. The van der Waals surface area contributed by atoms with Crippen molar-refractivity contribution in [3.63, 3.8) is 0 Å². The van der Waals surface area contributed by atoms with Crippen LogP contribution in [0.3, 0.4) is 0 Å². The molecular weight excluding hydrogens is 757 g/mol. The van der Waals surface area contributed by atoms with Gasteiger partial charge in [-0.2, -0.15) is 0 Å². The monoisotopic (exact) mass is 788 g/mol. The number of hydrogen-bond acceptors (Lipinski definition) is 0. The van der Waals surface area contributed by atoms with Gasteiger partial charge in [-0.15, -0.1) is 0 Å². The minimum atomic E-state index is 0.505. The Bertz CT molecular complexity index is 5140. The minimum Gasteiger partial charge on any atom is -0.0619 e. The Morgan fingerprint density at radius 3 is 1.22 bits per heavy atom. The third kappa shape index (κ3) is 2.87. The van der Waals surface area contributed by atoms with Crippen LogP contribution in [0.2, 0.25) is 0 Å². The smallest absolute Gasteiger partial charge is 0.00000152 e. The summed E-state index contributed by atoms with van der Waals surface area (Å²) in [6.45, 7) is 4.78. The van der Waals surface area contributed by atoms with E-state index in [1.165, 1.54) is 183 Å². The summed E-state index contributed by atoms with van der Waals surface area (Å²) < 4.78 is 0. The quantitative estimate of drug-likeness (QED) is 0.106. The van der Waals surface area contributed by atoms with Gasteiger partial charge in [0.2, 0.25) is 0 Å². The Morgan fingerprint density at radius 2 is 0.587 bits per heavy atom. The Hall–Kier alpha value is -7.54. The molecule has 0 saturated carbocycles. The van der Waals surface area contributed by atoms with Crippen LogP contribution in [0.1, 0.15) is 23.6 Å². The molecular formula is C63H32. The van der Waals surface area contributed by atoms with Crippen LogP contribution >= 0.6 is 0 Å². The van der Waals surface area contributed by atoms with E-state index in [0.29, 0.717) is 5.92 Å². The topological polar surface area (TPSA) is 0 Å². The van der Waals surface area contributed by atoms with Crippen LogP contribution in [0.15, 0.2) is 127 Å². The van der Waals surface area contributed by atoms with Crippen LogP contribution in [0.5, 0.6) is 0 Å². The molecule has 18 aromatic rings. The van der Waals surface area contributed by atoms with Crippen molar-refractivity contribution in [1.29, 1.82) is 0 Å². The van der Waals surface area contributed by atoms with E-state index in [-0.39, 0.29) is 0 Å². The van der Waals surface area contributed by atoms with Gasteiger partial charge in [-0.3, -0.25) is 0 Å². The number of rotatable bonds is 0. The molecule has 1 aliphatic carbocycles. The van der Waals surface area contributed by atoms with Crippen molar-refractivity contribution in [2.75, 3.05) is 0 Å². The van der Waals surface area contributed by atoms with Crippen molar-refractivity contribution >= 4 is 183 Å². The zero-order valence-corrected chi connectivity index (χ0v) is 34.6. The van der Waals surface area contributed by atoms with Gasteiger partial charge >= 0.3 is 0 Å². The lowest BCUT2D eigenvalue weighted by Gasteiger charge is -2.32. The fourth-order valence-corrected chi connectivity index (χ4v) is 15.5. The summed E-state index contributed by atoms with van der Waals surface area (Å²) in [7, 11) is 0. The molecule has 0 aromatic heterocycles. The minimum absolute atomic E-state index is 0.505. The maximum atomic E-state index is 2.62. The lowest BCUT2D eigenvalue weighted by Crippen LogP contribution is -2.04. The molecule has 0 heteroatoms. The molecule has 1 atom stereocenters. The Kier molecular flexibility index (Phi) is 4.49. The zero-order chi connectivity index (χ0) is 40.2. The zero-order valence-electron chi connectivity index (χ0n) is 34.6. The van der Waals surface area contributed by atoms with Crippen LogP contribution in [0, 0.1) is 12.8 Å². The van der Waals surface area contributed by atoms with E-state index in [2.05, 4.69) is 141 Å². The lowest BCUT2D eigenvalue weighted by molar-refractivity contribution is 0.588. The van der Waals surface area contributed by atoms with Gasteiger partial charge in [0.05, 0.1) is 0 Å². The van der Waals surface area contributed by atoms with Gasteiger partial charge < -0.3 is 0 Å².